The van der Waals surface area contributed by atoms with E-state index in [9.17, 15) is 4.79 Å². The zero-order chi connectivity index (χ0) is 9.30. The number of anilines is 1. The molecule has 4 nitrogen and oxygen atoms in total. The lowest BCUT2D eigenvalue weighted by Crippen LogP contribution is -2.17. The fourth-order valence-corrected chi connectivity index (χ4v) is 0.860. The van der Waals surface area contributed by atoms with Crippen LogP contribution in [0.4, 0.5) is 5.82 Å². The molecule has 1 aromatic heterocycles. The lowest BCUT2D eigenvalue weighted by Gasteiger charge is -2.04. The second-order valence-corrected chi connectivity index (χ2v) is 3.23. The molecule has 1 aromatic rings. The molecule has 1 unspecified atom stereocenters. The Morgan fingerprint density at radius 3 is 2.67 bits per heavy atom. The van der Waals surface area contributed by atoms with Gasteiger partial charge in [0.25, 0.3) is 5.56 Å². The summed E-state index contributed by atoms with van der Waals surface area (Å²) >= 11 is 5.71. The van der Waals surface area contributed by atoms with E-state index in [-0.39, 0.29) is 16.8 Å². The van der Waals surface area contributed by atoms with Gasteiger partial charge in [-0.1, -0.05) is 0 Å². The highest BCUT2D eigenvalue weighted by Crippen LogP contribution is 2.14. The van der Waals surface area contributed by atoms with Crippen molar-refractivity contribution in [3.05, 3.63) is 21.7 Å². The molecule has 0 aliphatic carbocycles. The van der Waals surface area contributed by atoms with E-state index < -0.39 is 0 Å². The average molecular weight is 188 g/mol. The number of hydrogen-bond donors (Lipinski definition) is 2. The Hall–Kier alpha value is -1.03. The zero-order valence-corrected chi connectivity index (χ0v) is 7.64. The van der Waals surface area contributed by atoms with Crippen LogP contribution in [0.5, 0.6) is 0 Å². The van der Waals surface area contributed by atoms with Crippen molar-refractivity contribution in [2.24, 2.45) is 0 Å². The van der Waals surface area contributed by atoms with E-state index in [1.807, 2.05) is 0 Å². The molecule has 0 fully saturated rings. The van der Waals surface area contributed by atoms with Crippen LogP contribution in [0, 0.1) is 6.92 Å². The summed E-state index contributed by atoms with van der Waals surface area (Å²) in [5.41, 5.74) is 5.66. The van der Waals surface area contributed by atoms with E-state index in [0.717, 1.165) is 0 Å². The van der Waals surface area contributed by atoms with E-state index in [4.69, 9.17) is 17.3 Å². The first-order chi connectivity index (χ1) is 5.52. The first kappa shape index (κ1) is 9.06. The molecule has 0 radical (unpaired) electrons. The summed E-state index contributed by atoms with van der Waals surface area (Å²) in [7, 11) is 0. The molecule has 0 saturated heterocycles. The Kier molecular flexibility index (Phi) is 2.38. The molecule has 0 amide bonds. The van der Waals surface area contributed by atoms with Crippen LogP contribution in [-0.4, -0.2) is 9.97 Å². The van der Waals surface area contributed by atoms with E-state index in [1.165, 1.54) is 0 Å². The predicted molar refractivity (Wildman–Crippen MR) is 48.3 cm³/mol. The van der Waals surface area contributed by atoms with Gasteiger partial charge in [-0.25, -0.2) is 4.98 Å². The fraction of sp³-hybridized carbons (Fsp3) is 0.429. The van der Waals surface area contributed by atoms with Gasteiger partial charge < -0.3 is 10.7 Å². The third-order valence-corrected chi connectivity index (χ3v) is 1.79. The first-order valence-corrected chi connectivity index (χ1v) is 3.96. The molecule has 0 bridgehead atoms. The third-order valence-electron chi connectivity index (χ3n) is 1.58. The van der Waals surface area contributed by atoms with Crippen molar-refractivity contribution in [3.63, 3.8) is 0 Å². The summed E-state index contributed by atoms with van der Waals surface area (Å²) < 4.78 is 0. The minimum Gasteiger partial charge on any atom is -0.383 e. The highest BCUT2D eigenvalue weighted by molar-refractivity contribution is 6.20. The number of alkyl halides is 1. The van der Waals surface area contributed by atoms with Gasteiger partial charge in [-0.15, -0.1) is 11.6 Å². The molecule has 1 rings (SSSR count). The van der Waals surface area contributed by atoms with Crippen LogP contribution in [0.1, 0.15) is 23.7 Å². The van der Waals surface area contributed by atoms with Gasteiger partial charge in [0.1, 0.15) is 11.6 Å². The molecule has 0 spiro atoms. The number of nitrogen functional groups attached to an aromatic ring is 1. The van der Waals surface area contributed by atoms with Gasteiger partial charge in [-0.2, -0.15) is 0 Å². The quantitative estimate of drug-likeness (QED) is 0.644. The summed E-state index contributed by atoms with van der Waals surface area (Å²) in [6.07, 6.45) is 0. The minimum absolute atomic E-state index is 0.231. The molecule has 1 atom stereocenters. The molecule has 3 N–H and O–H groups in total. The number of aromatic amines is 1. The van der Waals surface area contributed by atoms with Crippen LogP contribution in [0.3, 0.4) is 0 Å². The maximum absolute atomic E-state index is 11.1. The zero-order valence-electron chi connectivity index (χ0n) is 6.89. The molecule has 1 heterocycles. The van der Waals surface area contributed by atoms with Crippen molar-refractivity contribution in [1.82, 2.24) is 9.97 Å². The number of H-pyrrole nitrogens is 1. The second-order valence-electron chi connectivity index (χ2n) is 2.58. The maximum atomic E-state index is 11.1. The summed E-state index contributed by atoms with van der Waals surface area (Å²) in [4.78, 5) is 17.6. The van der Waals surface area contributed by atoms with E-state index >= 15 is 0 Å². The Balaban J connectivity index is 3.31. The SMILES string of the molecule is Cc1c(N)nc(C(C)Cl)[nH]c1=O. The molecular formula is C7H10ClN3O. The van der Waals surface area contributed by atoms with Crippen LogP contribution < -0.4 is 11.3 Å². The first-order valence-electron chi connectivity index (χ1n) is 3.52. The van der Waals surface area contributed by atoms with Crippen LogP contribution in [-0.2, 0) is 0 Å². The third kappa shape index (κ3) is 1.58. The summed E-state index contributed by atoms with van der Waals surface area (Å²) in [6.45, 7) is 3.33. The number of hydrogen-bond acceptors (Lipinski definition) is 3. The van der Waals surface area contributed by atoms with Crippen LogP contribution in [0.15, 0.2) is 4.79 Å². The largest absolute Gasteiger partial charge is 0.383 e. The standard InChI is InChI=1S/C7H10ClN3O/c1-3-5(9)10-6(4(2)8)11-7(3)12/h4H,1-2H3,(H3,9,10,11,12). The number of aromatic nitrogens is 2. The fourth-order valence-electron chi connectivity index (χ4n) is 0.756. The lowest BCUT2D eigenvalue weighted by molar-refractivity contribution is 0.889. The van der Waals surface area contributed by atoms with Crippen LogP contribution >= 0.6 is 11.6 Å². The van der Waals surface area contributed by atoms with E-state index in [0.29, 0.717) is 11.4 Å². The predicted octanol–water partition coefficient (Wildman–Crippen LogP) is 0.960. The summed E-state index contributed by atoms with van der Waals surface area (Å²) in [5.74, 6) is 0.644. The van der Waals surface area contributed by atoms with E-state index in [2.05, 4.69) is 9.97 Å². The van der Waals surface area contributed by atoms with Crippen LogP contribution in [0.25, 0.3) is 0 Å². The molecule has 0 aromatic carbocycles. The van der Waals surface area contributed by atoms with E-state index in [1.54, 1.807) is 13.8 Å². The van der Waals surface area contributed by atoms with Gasteiger partial charge in [0.05, 0.1) is 10.9 Å². The number of nitrogens with two attached hydrogens (primary N) is 1. The Morgan fingerprint density at radius 2 is 2.25 bits per heavy atom. The van der Waals surface area contributed by atoms with Gasteiger partial charge in [-0.05, 0) is 13.8 Å². The van der Waals surface area contributed by atoms with Gasteiger partial charge in [0.15, 0.2) is 0 Å². The van der Waals surface area contributed by atoms with Crippen molar-refractivity contribution in [3.8, 4) is 0 Å². The Bertz CT molecular complexity index is 345. The van der Waals surface area contributed by atoms with Gasteiger partial charge in [0, 0.05) is 0 Å². The topological polar surface area (TPSA) is 71.8 Å². The smallest absolute Gasteiger partial charge is 0.255 e. The second kappa shape index (κ2) is 3.15. The summed E-state index contributed by atoms with van der Waals surface area (Å²) in [5, 5.41) is -0.333. The van der Waals surface area contributed by atoms with Gasteiger partial charge in [-0.3, -0.25) is 4.79 Å². The van der Waals surface area contributed by atoms with Crippen molar-refractivity contribution < 1.29 is 0 Å². The highest BCUT2D eigenvalue weighted by atomic mass is 35.5. The highest BCUT2D eigenvalue weighted by Gasteiger charge is 2.07. The normalized spacial score (nSPS) is 12.9. The number of nitrogens with one attached hydrogen (secondary N) is 1. The van der Waals surface area contributed by atoms with Crippen LogP contribution in [0.2, 0.25) is 0 Å². The number of rotatable bonds is 1. The number of halogens is 1. The molecular weight excluding hydrogens is 178 g/mol. The van der Waals surface area contributed by atoms with Crippen molar-refractivity contribution >= 4 is 17.4 Å². The van der Waals surface area contributed by atoms with Crippen molar-refractivity contribution in [1.29, 1.82) is 0 Å². The maximum Gasteiger partial charge on any atom is 0.255 e. The Labute approximate surface area is 74.8 Å². The molecule has 0 saturated carbocycles. The average Bonchev–Trinajstić information content (AvgIpc) is 1.99. The molecule has 5 heteroatoms. The molecule has 0 aliphatic heterocycles. The molecule has 0 aliphatic rings. The Morgan fingerprint density at radius 1 is 1.67 bits per heavy atom. The van der Waals surface area contributed by atoms with Crippen molar-refractivity contribution in [2.75, 3.05) is 5.73 Å². The summed E-state index contributed by atoms with van der Waals surface area (Å²) in [6, 6.07) is 0. The lowest BCUT2D eigenvalue weighted by atomic mass is 10.3. The number of nitrogens with zero attached hydrogens (tertiary/aromatic N) is 1. The van der Waals surface area contributed by atoms with Crippen molar-refractivity contribution in [2.45, 2.75) is 19.2 Å². The van der Waals surface area contributed by atoms with Gasteiger partial charge >= 0.3 is 0 Å². The monoisotopic (exact) mass is 187 g/mol. The van der Waals surface area contributed by atoms with Gasteiger partial charge in [0.2, 0.25) is 0 Å². The molecule has 66 valence electrons. The minimum atomic E-state index is -0.333. The molecule has 12 heavy (non-hydrogen) atoms.